The Balaban J connectivity index is 1.64. The Hall–Kier alpha value is -3.66. The second kappa shape index (κ2) is 6.25. The number of nitrogens with zero attached hydrogens (tertiary/aromatic N) is 2. The zero-order valence-corrected chi connectivity index (χ0v) is 14.9. The molecule has 130 valence electrons. The maximum atomic E-state index is 4.89. The fourth-order valence-corrected chi connectivity index (χ4v) is 3.42. The van der Waals surface area contributed by atoms with E-state index >= 15 is 0 Å². The molecular weight excluding hydrogens is 332 g/mol. The first-order chi connectivity index (χ1) is 13.3. The summed E-state index contributed by atoms with van der Waals surface area (Å²) in [7, 11) is 0. The minimum Gasteiger partial charge on any atom is -0.359 e. The smallest absolute Gasteiger partial charge is 0.140 e. The summed E-state index contributed by atoms with van der Waals surface area (Å²) < 4.78 is 0. The average molecular weight is 350 g/mol. The van der Waals surface area contributed by atoms with Crippen molar-refractivity contribution in [1.29, 1.82) is 0 Å². The lowest BCUT2D eigenvalue weighted by Gasteiger charge is -2.11. The van der Waals surface area contributed by atoms with E-state index in [1.54, 1.807) is 0 Å². The van der Waals surface area contributed by atoms with Gasteiger partial charge in [-0.2, -0.15) is 0 Å². The number of anilines is 2. The Morgan fingerprint density at radius 2 is 1.78 bits per heavy atom. The highest BCUT2D eigenvalue weighted by Gasteiger charge is 2.09. The Morgan fingerprint density at radius 1 is 0.889 bits per heavy atom. The van der Waals surface area contributed by atoms with Crippen LogP contribution in [0, 0.1) is 6.92 Å². The maximum absolute atomic E-state index is 4.89. The zero-order chi connectivity index (χ0) is 18.2. The standard InChI is InChI=1S/C23H18N4/c1-15-12-17-13-18(9-10-20(17)25-15)26-23-19-8-5-11-24-22(19)14-21(27-23)16-6-3-2-4-7-16/h2-14,25H,1H3,(H,26,27). The van der Waals surface area contributed by atoms with Crippen LogP contribution in [0.5, 0.6) is 0 Å². The SMILES string of the molecule is Cc1cc2cc(Nc3nc(-c4ccccc4)cc4ncccc34)ccc2[nH]1. The lowest BCUT2D eigenvalue weighted by Crippen LogP contribution is -1.97. The van der Waals surface area contributed by atoms with Gasteiger partial charge in [0.25, 0.3) is 0 Å². The quantitative estimate of drug-likeness (QED) is 0.430. The molecule has 2 N–H and O–H groups in total. The minimum absolute atomic E-state index is 0.811. The number of aromatic amines is 1. The van der Waals surface area contributed by atoms with Gasteiger partial charge in [-0.05, 0) is 49.4 Å². The lowest BCUT2D eigenvalue weighted by molar-refractivity contribution is 1.30. The van der Waals surface area contributed by atoms with Crippen LogP contribution in [0.4, 0.5) is 11.5 Å². The highest BCUT2D eigenvalue weighted by molar-refractivity contribution is 5.94. The molecule has 4 nitrogen and oxygen atoms in total. The van der Waals surface area contributed by atoms with Crippen LogP contribution in [0.1, 0.15) is 5.69 Å². The van der Waals surface area contributed by atoms with E-state index in [4.69, 9.17) is 4.98 Å². The number of aryl methyl sites for hydroxylation is 1. The number of hydrogen-bond acceptors (Lipinski definition) is 3. The summed E-state index contributed by atoms with van der Waals surface area (Å²) in [6, 6.07) is 24.6. The minimum atomic E-state index is 0.811. The van der Waals surface area contributed by atoms with Gasteiger partial charge in [0.15, 0.2) is 0 Å². The van der Waals surface area contributed by atoms with Gasteiger partial charge in [-0.3, -0.25) is 4.98 Å². The second-order valence-electron chi connectivity index (χ2n) is 6.67. The first kappa shape index (κ1) is 15.6. The molecule has 5 rings (SSSR count). The van der Waals surface area contributed by atoms with Gasteiger partial charge in [0.2, 0.25) is 0 Å². The van der Waals surface area contributed by atoms with E-state index in [-0.39, 0.29) is 0 Å². The Morgan fingerprint density at radius 3 is 2.67 bits per heavy atom. The van der Waals surface area contributed by atoms with E-state index in [0.717, 1.165) is 44.9 Å². The van der Waals surface area contributed by atoms with Crippen molar-refractivity contribution >= 4 is 33.3 Å². The largest absolute Gasteiger partial charge is 0.359 e. The monoisotopic (exact) mass is 350 g/mol. The maximum Gasteiger partial charge on any atom is 0.140 e. The molecule has 0 aliphatic rings. The van der Waals surface area contributed by atoms with Gasteiger partial charge in [-0.1, -0.05) is 30.3 Å². The molecule has 3 aromatic heterocycles. The molecule has 0 fully saturated rings. The van der Waals surface area contributed by atoms with Crippen molar-refractivity contribution in [3.8, 4) is 11.3 Å². The van der Waals surface area contributed by atoms with Crippen molar-refractivity contribution in [2.75, 3.05) is 5.32 Å². The lowest BCUT2D eigenvalue weighted by atomic mass is 10.1. The molecule has 3 heterocycles. The van der Waals surface area contributed by atoms with Crippen molar-refractivity contribution < 1.29 is 0 Å². The fourth-order valence-electron chi connectivity index (χ4n) is 3.42. The summed E-state index contributed by atoms with van der Waals surface area (Å²) in [5.74, 6) is 0.811. The number of nitrogens with one attached hydrogen (secondary N) is 2. The number of fused-ring (bicyclic) bond motifs is 2. The number of pyridine rings is 2. The Kier molecular flexibility index (Phi) is 3.61. The zero-order valence-electron chi connectivity index (χ0n) is 14.9. The van der Waals surface area contributed by atoms with Crippen LogP contribution in [0.2, 0.25) is 0 Å². The van der Waals surface area contributed by atoms with Crippen LogP contribution in [0.15, 0.2) is 79.0 Å². The molecule has 27 heavy (non-hydrogen) atoms. The third kappa shape index (κ3) is 2.91. The summed E-state index contributed by atoms with van der Waals surface area (Å²) in [6.07, 6.45) is 1.82. The molecule has 0 amide bonds. The number of H-pyrrole nitrogens is 1. The molecule has 0 spiro atoms. The molecular formula is C23H18N4. The van der Waals surface area contributed by atoms with Crippen LogP contribution in [-0.4, -0.2) is 15.0 Å². The van der Waals surface area contributed by atoms with Crippen LogP contribution >= 0.6 is 0 Å². The highest BCUT2D eigenvalue weighted by atomic mass is 15.0. The molecule has 0 saturated heterocycles. The number of aromatic nitrogens is 3. The second-order valence-corrected chi connectivity index (χ2v) is 6.67. The van der Waals surface area contributed by atoms with Crippen LogP contribution in [0.3, 0.4) is 0 Å². The molecule has 2 aromatic carbocycles. The van der Waals surface area contributed by atoms with E-state index < -0.39 is 0 Å². The van der Waals surface area contributed by atoms with E-state index in [0.29, 0.717) is 0 Å². The van der Waals surface area contributed by atoms with Crippen LogP contribution in [0.25, 0.3) is 33.1 Å². The molecule has 0 aliphatic carbocycles. The van der Waals surface area contributed by atoms with E-state index in [2.05, 4.69) is 58.6 Å². The van der Waals surface area contributed by atoms with Crippen molar-refractivity contribution in [2.45, 2.75) is 6.92 Å². The summed E-state index contributed by atoms with van der Waals surface area (Å²) in [4.78, 5) is 12.8. The Bertz CT molecular complexity index is 1260. The topological polar surface area (TPSA) is 53.6 Å². The summed E-state index contributed by atoms with van der Waals surface area (Å²) in [5.41, 5.74) is 6.20. The van der Waals surface area contributed by atoms with Gasteiger partial charge in [0.05, 0.1) is 11.2 Å². The summed E-state index contributed by atoms with van der Waals surface area (Å²) >= 11 is 0. The number of hydrogen-bond donors (Lipinski definition) is 2. The van der Waals surface area contributed by atoms with Gasteiger partial charge in [-0.25, -0.2) is 4.98 Å². The molecule has 0 radical (unpaired) electrons. The predicted molar refractivity (Wildman–Crippen MR) is 111 cm³/mol. The molecule has 0 unspecified atom stereocenters. The number of benzene rings is 2. The van der Waals surface area contributed by atoms with Crippen LogP contribution in [-0.2, 0) is 0 Å². The fraction of sp³-hybridized carbons (Fsp3) is 0.0435. The van der Waals surface area contributed by atoms with Gasteiger partial charge in [0.1, 0.15) is 5.82 Å². The highest BCUT2D eigenvalue weighted by Crippen LogP contribution is 2.29. The third-order valence-corrected chi connectivity index (χ3v) is 4.69. The average Bonchev–Trinajstić information content (AvgIpc) is 3.08. The Labute approximate surface area is 156 Å². The molecule has 0 atom stereocenters. The van der Waals surface area contributed by atoms with Gasteiger partial charge < -0.3 is 10.3 Å². The van der Waals surface area contributed by atoms with Crippen LogP contribution < -0.4 is 5.32 Å². The first-order valence-electron chi connectivity index (χ1n) is 8.94. The van der Waals surface area contributed by atoms with Crippen molar-refractivity contribution in [3.05, 3.63) is 84.7 Å². The van der Waals surface area contributed by atoms with Crippen molar-refractivity contribution in [3.63, 3.8) is 0 Å². The normalized spacial score (nSPS) is 11.1. The summed E-state index contributed by atoms with van der Waals surface area (Å²) in [6.45, 7) is 2.07. The molecule has 5 aromatic rings. The van der Waals surface area contributed by atoms with E-state index in [1.165, 1.54) is 5.39 Å². The molecule has 0 saturated carbocycles. The molecule has 0 aliphatic heterocycles. The number of rotatable bonds is 3. The van der Waals surface area contributed by atoms with E-state index in [1.807, 2.05) is 42.6 Å². The van der Waals surface area contributed by atoms with Gasteiger partial charge in [-0.15, -0.1) is 0 Å². The first-order valence-corrected chi connectivity index (χ1v) is 8.94. The van der Waals surface area contributed by atoms with Gasteiger partial charge >= 0.3 is 0 Å². The van der Waals surface area contributed by atoms with Crippen molar-refractivity contribution in [2.24, 2.45) is 0 Å². The molecule has 0 bridgehead atoms. The third-order valence-electron chi connectivity index (χ3n) is 4.69. The summed E-state index contributed by atoms with van der Waals surface area (Å²) in [5, 5.41) is 5.68. The van der Waals surface area contributed by atoms with E-state index in [9.17, 15) is 0 Å². The molecule has 4 heteroatoms. The predicted octanol–water partition coefficient (Wildman–Crippen LogP) is 5.83. The van der Waals surface area contributed by atoms with Crippen molar-refractivity contribution in [1.82, 2.24) is 15.0 Å². The van der Waals surface area contributed by atoms with Gasteiger partial charge in [0, 0.05) is 39.4 Å².